The van der Waals surface area contributed by atoms with Gasteiger partial charge in [-0.15, -0.1) is 0 Å². The van der Waals surface area contributed by atoms with E-state index in [2.05, 4.69) is 9.97 Å². The van der Waals surface area contributed by atoms with Crippen LogP contribution in [0, 0.1) is 0 Å². The van der Waals surface area contributed by atoms with Gasteiger partial charge in [0.05, 0.1) is 82.3 Å². The van der Waals surface area contributed by atoms with Crippen LogP contribution in [-0.2, 0) is 53.1 Å². The number of methoxy groups -OCH3 is 5. The van der Waals surface area contributed by atoms with Gasteiger partial charge < -0.3 is 37.9 Å². The summed E-state index contributed by atoms with van der Waals surface area (Å²) >= 11 is 0. The number of benzene rings is 3. The van der Waals surface area contributed by atoms with E-state index in [4.69, 9.17) is 23.7 Å². The molecule has 9 rings (SSSR count). The Morgan fingerprint density at radius 3 is 1.60 bits per heavy atom. The summed E-state index contributed by atoms with van der Waals surface area (Å²) in [5.41, 5.74) is -1.23. The number of hydrogen-bond donors (Lipinski definition) is 1. The first-order valence-electron chi connectivity index (χ1n) is 20.4. The maximum Gasteiger partial charge on any atom is 0.348 e. The van der Waals surface area contributed by atoms with Gasteiger partial charge >= 0.3 is 22.8 Å². The SMILES string of the molecule is COc1cc2nc(CCn3c(=O)n4n(c3=O)[C@@H]3Cn5c(=O)n(CCc6nc7cc(OC)c(OC)cc7n(C)c6=O)c(=O)n5[C@@H](c5c(O)cccc5OC)C3=CC4)c(=O)n(C)c2cc1OC. The largest absolute Gasteiger partial charge is 0.507 e. The summed E-state index contributed by atoms with van der Waals surface area (Å²) in [5, 5.41) is 11.4. The van der Waals surface area contributed by atoms with Crippen LogP contribution in [0.2, 0.25) is 0 Å². The number of aromatic hydroxyl groups is 1. The van der Waals surface area contributed by atoms with Crippen molar-refractivity contribution >= 4 is 22.1 Å². The summed E-state index contributed by atoms with van der Waals surface area (Å²) in [6.07, 6.45) is 1.49. The first-order chi connectivity index (χ1) is 31.3. The number of phenolic OH excluding ortho intramolecular Hbond substituents is 1. The van der Waals surface area contributed by atoms with Crippen LogP contribution in [0.15, 0.2) is 82.9 Å². The molecule has 1 N–H and O–H groups in total. The Labute approximate surface area is 366 Å². The molecule has 0 spiro atoms. The molecular formula is C43H44N10O12. The monoisotopic (exact) mass is 892 g/mol. The Kier molecular flexibility index (Phi) is 10.4. The average molecular weight is 893 g/mol. The average Bonchev–Trinajstić information content (AvgIpc) is 3.70. The van der Waals surface area contributed by atoms with Crippen molar-refractivity contribution in [2.75, 3.05) is 35.5 Å². The standard InChI is InChI=1S/C43H44N10O12/c1-46-27-19-34(64-6)32(62-4)17-25(27)44-23(38(46)55)12-14-48-40(57)50-16-11-22-29(52(50)42(48)59)21-51-41(58)49(43(60)53(51)37(22)36-30(54)9-8-10-31(36)61-3)15-13-24-39(56)47(2)28-20-35(65-7)33(63-5)18-26(28)45-24/h8-11,17-20,29,37,54H,12-16,21H2,1-7H3/t29-,37-/m1/s1. The summed E-state index contributed by atoms with van der Waals surface area (Å²) in [7, 11) is 10.5. The van der Waals surface area contributed by atoms with E-state index < -0.39 is 46.0 Å². The first-order valence-corrected chi connectivity index (χ1v) is 20.4. The summed E-state index contributed by atoms with van der Waals surface area (Å²) in [6, 6.07) is 8.88. The van der Waals surface area contributed by atoms with E-state index in [0.29, 0.717) is 50.6 Å². The highest BCUT2D eigenvalue weighted by Crippen LogP contribution is 2.45. The number of fused-ring (bicyclic) bond motifs is 6. The molecule has 2 aliphatic rings. The summed E-state index contributed by atoms with van der Waals surface area (Å²) in [4.78, 5) is 93.8. The second kappa shape index (κ2) is 15.9. The van der Waals surface area contributed by atoms with Gasteiger partial charge in [-0.2, -0.15) is 0 Å². The second-order valence-electron chi connectivity index (χ2n) is 15.5. The summed E-state index contributed by atoms with van der Waals surface area (Å²) < 4.78 is 37.0. The zero-order chi connectivity index (χ0) is 46.2. The number of rotatable bonds is 12. The van der Waals surface area contributed by atoms with E-state index in [-0.39, 0.29) is 67.5 Å². The Balaban J connectivity index is 1.11. The van der Waals surface area contributed by atoms with Gasteiger partial charge in [0.25, 0.3) is 11.1 Å². The molecule has 2 aliphatic heterocycles. The van der Waals surface area contributed by atoms with Crippen LogP contribution >= 0.6 is 0 Å². The highest BCUT2D eigenvalue weighted by Gasteiger charge is 2.43. The molecule has 22 nitrogen and oxygen atoms in total. The fourth-order valence-electron chi connectivity index (χ4n) is 9.06. The van der Waals surface area contributed by atoms with Gasteiger partial charge in [-0.3, -0.25) is 9.59 Å². The molecule has 0 aliphatic carbocycles. The van der Waals surface area contributed by atoms with Crippen molar-refractivity contribution in [1.82, 2.24) is 47.0 Å². The third-order valence-electron chi connectivity index (χ3n) is 12.3. The molecule has 0 saturated heterocycles. The smallest absolute Gasteiger partial charge is 0.348 e. The lowest BCUT2D eigenvalue weighted by Gasteiger charge is -2.38. The van der Waals surface area contributed by atoms with E-state index in [1.165, 1.54) is 69.5 Å². The number of hydrogen-bond acceptors (Lipinski definition) is 14. The Morgan fingerprint density at radius 2 is 1.09 bits per heavy atom. The minimum Gasteiger partial charge on any atom is -0.507 e. The van der Waals surface area contributed by atoms with Crippen LogP contribution in [0.25, 0.3) is 22.1 Å². The Hall–Kier alpha value is -8.04. The zero-order valence-electron chi connectivity index (χ0n) is 36.4. The molecule has 2 atom stereocenters. The minimum absolute atomic E-state index is 0.0802. The van der Waals surface area contributed by atoms with Gasteiger partial charge in [0, 0.05) is 64.3 Å². The van der Waals surface area contributed by atoms with Gasteiger partial charge in [0.2, 0.25) is 0 Å². The Bertz CT molecular complexity index is 3530. The van der Waals surface area contributed by atoms with Gasteiger partial charge in [-0.05, 0) is 17.7 Å². The highest BCUT2D eigenvalue weighted by atomic mass is 16.5. The molecular weight excluding hydrogens is 849 g/mol. The van der Waals surface area contributed by atoms with Crippen LogP contribution in [0.1, 0.15) is 29.0 Å². The first kappa shape index (κ1) is 42.3. The summed E-state index contributed by atoms with van der Waals surface area (Å²) in [5.74, 6) is 1.55. The normalized spacial score (nSPS) is 15.3. The predicted octanol–water partition coefficient (Wildman–Crippen LogP) is 0.449. The third kappa shape index (κ3) is 6.45. The van der Waals surface area contributed by atoms with E-state index >= 15 is 0 Å². The van der Waals surface area contributed by atoms with Gasteiger partial charge in [0.15, 0.2) is 23.0 Å². The molecule has 0 saturated carbocycles. The van der Waals surface area contributed by atoms with Gasteiger partial charge in [-0.1, -0.05) is 12.1 Å². The fourth-order valence-corrected chi connectivity index (χ4v) is 9.06. The second-order valence-corrected chi connectivity index (χ2v) is 15.5. The zero-order valence-corrected chi connectivity index (χ0v) is 36.4. The number of phenols is 1. The minimum atomic E-state index is -1.19. The number of aryl methyl sites for hydroxylation is 4. The molecule has 0 fully saturated rings. The molecule has 0 radical (unpaired) electrons. The van der Waals surface area contributed by atoms with Gasteiger partial charge in [-0.25, -0.2) is 57.0 Å². The topological polar surface area (TPSA) is 234 Å². The molecule has 6 heterocycles. The van der Waals surface area contributed by atoms with Crippen LogP contribution < -0.4 is 57.6 Å². The molecule has 3 aromatic carbocycles. The van der Waals surface area contributed by atoms with E-state index in [1.807, 2.05) is 0 Å². The molecule has 0 amide bonds. The number of aromatic nitrogens is 10. The number of nitrogens with zero attached hydrogens (tertiary/aromatic N) is 10. The molecule has 22 heteroatoms. The molecule has 338 valence electrons. The van der Waals surface area contributed by atoms with Crippen molar-refractivity contribution in [3.63, 3.8) is 0 Å². The lowest BCUT2D eigenvalue weighted by Crippen LogP contribution is -2.47. The van der Waals surface area contributed by atoms with Crippen LogP contribution in [0.4, 0.5) is 0 Å². The molecule has 65 heavy (non-hydrogen) atoms. The maximum atomic E-state index is 14.6. The van der Waals surface area contributed by atoms with E-state index in [1.54, 1.807) is 56.6 Å². The number of ether oxygens (including phenoxy) is 5. The summed E-state index contributed by atoms with van der Waals surface area (Å²) in [6.45, 7) is -0.847. The third-order valence-corrected chi connectivity index (χ3v) is 12.3. The molecule has 0 unspecified atom stereocenters. The van der Waals surface area contributed by atoms with E-state index in [0.717, 1.165) is 9.13 Å². The Morgan fingerprint density at radius 1 is 0.615 bits per heavy atom. The lowest BCUT2D eigenvalue weighted by molar-refractivity contribution is 0.241. The molecule has 7 aromatic rings. The van der Waals surface area contributed by atoms with Gasteiger partial charge in [0.1, 0.15) is 28.9 Å². The van der Waals surface area contributed by atoms with Crippen LogP contribution in [-0.4, -0.2) is 87.6 Å². The van der Waals surface area contributed by atoms with Crippen LogP contribution in [0.3, 0.4) is 0 Å². The maximum absolute atomic E-state index is 14.6. The van der Waals surface area contributed by atoms with Crippen LogP contribution in [0.5, 0.6) is 34.5 Å². The van der Waals surface area contributed by atoms with Crippen molar-refractivity contribution < 1.29 is 28.8 Å². The fraction of sp³-hybridized carbons (Fsp3) is 0.349. The molecule has 4 aromatic heterocycles. The molecule has 0 bridgehead atoms. The predicted molar refractivity (Wildman–Crippen MR) is 233 cm³/mol. The quantitative estimate of drug-likeness (QED) is 0.164. The van der Waals surface area contributed by atoms with E-state index in [9.17, 15) is 33.9 Å². The van der Waals surface area contributed by atoms with Crippen molar-refractivity contribution in [3.05, 3.63) is 134 Å². The van der Waals surface area contributed by atoms with Crippen molar-refractivity contribution in [2.45, 2.75) is 51.1 Å². The lowest BCUT2D eigenvalue weighted by atomic mass is 9.89. The van der Waals surface area contributed by atoms with Crippen molar-refractivity contribution in [2.24, 2.45) is 14.1 Å². The van der Waals surface area contributed by atoms with Crippen molar-refractivity contribution in [3.8, 4) is 34.5 Å². The highest BCUT2D eigenvalue weighted by molar-refractivity contribution is 5.80. The van der Waals surface area contributed by atoms with Crippen molar-refractivity contribution in [1.29, 1.82) is 0 Å². The number of allylic oxidation sites excluding steroid dienone is 2.